The van der Waals surface area contributed by atoms with E-state index in [0.717, 1.165) is 25.7 Å². The van der Waals surface area contributed by atoms with Crippen molar-refractivity contribution < 1.29 is 4.79 Å². The monoisotopic (exact) mass is 232 g/mol. The molecule has 0 saturated heterocycles. The van der Waals surface area contributed by atoms with Gasteiger partial charge in [0.2, 0.25) is 0 Å². The average molecular weight is 233 g/mol. The molecule has 0 heterocycles. The quantitative estimate of drug-likeness (QED) is 0.420. The lowest BCUT2D eigenvalue weighted by atomic mass is 9.77. The van der Waals surface area contributed by atoms with Crippen LogP contribution in [0.25, 0.3) is 0 Å². The molecule has 15 heavy (non-hydrogen) atoms. The molecule has 0 aliphatic rings. The molecular formula is C13H25ClO. The van der Waals surface area contributed by atoms with Crippen molar-refractivity contribution >= 4 is 17.4 Å². The first-order valence-corrected chi connectivity index (χ1v) is 6.73. The molecule has 0 aliphatic heterocycles. The number of alkyl halides is 1. The Morgan fingerprint density at radius 3 is 2.20 bits per heavy atom. The maximum Gasteiger partial charge on any atom is 0.153 e. The highest BCUT2D eigenvalue weighted by molar-refractivity contribution is 6.28. The SMILES string of the molecule is CCCCCCC(C)(CCC)C(=O)CCl. The average Bonchev–Trinajstić information content (AvgIpc) is 2.23. The van der Waals surface area contributed by atoms with Crippen LogP contribution in [0.5, 0.6) is 0 Å². The summed E-state index contributed by atoms with van der Waals surface area (Å²) < 4.78 is 0. The van der Waals surface area contributed by atoms with Gasteiger partial charge < -0.3 is 0 Å². The lowest BCUT2D eigenvalue weighted by Gasteiger charge is -2.26. The lowest BCUT2D eigenvalue weighted by Crippen LogP contribution is -2.28. The number of Topliss-reactive ketones (excluding diaryl/α,β-unsaturated/α-hetero) is 1. The number of ketones is 1. The third-order valence-electron chi connectivity index (χ3n) is 3.18. The van der Waals surface area contributed by atoms with Crippen LogP contribution in [0.3, 0.4) is 0 Å². The van der Waals surface area contributed by atoms with Gasteiger partial charge in [-0.05, 0) is 12.8 Å². The molecule has 90 valence electrons. The van der Waals surface area contributed by atoms with Gasteiger partial charge in [0, 0.05) is 5.41 Å². The second-order valence-electron chi connectivity index (χ2n) is 4.68. The van der Waals surface area contributed by atoms with Gasteiger partial charge >= 0.3 is 0 Å². The summed E-state index contributed by atoms with van der Waals surface area (Å²) in [6, 6.07) is 0. The summed E-state index contributed by atoms with van der Waals surface area (Å²) in [7, 11) is 0. The molecule has 0 spiro atoms. The zero-order chi connectivity index (χ0) is 11.7. The fraction of sp³-hybridized carbons (Fsp3) is 0.923. The summed E-state index contributed by atoms with van der Waals surface area (Å²) in [5.74, 6) is 0.395. The zero-order valence-electron chi connectivity index (χ0n) is 10.4. The van der Waals surface area contributed by atoms with E-state index < -0.39 is 0 Å². The molecule has 0 fully saturated rings. The Bertz CT molecular complexity index is 179. The van der Waals surface area contributed by atoms with Gasteiger partial charge in [-0.3, -0.25) is 4.79 Å². The minimum atomic E-state index is -0.162. The van der Waals surface area contributed by atoms with Crippen molar-refractivity contribution in [2.75, 3.05) is 5.88 Å². The molecule has 0 bridgehead atoms. The van der Waals surface area contributed by atoms with Gasteiger partial charge in [0.1, 0.15) is 0 Å². The molecule has 0 rings (SSSR count). The lowest BCUT2D eigenvalue weighted by molar-refractivity contribution is -0.126. The fourth-order valence-corrected chi connectivity index (χ4v) is 2.38. The topological polar surface area (TPSA) is 17.1 Å². The number of carbonyl (C=O) groups excluding carboxylic acids is 1. The normalized spacial score (nSPS) is 14.9. The second kappa shape index (κ2) is 8.15. The van der Waals surface area contributed by atoms with E-state index in [0.29, 0.717) is 0 Å². The maximum atomic E-state index is 11.8. The number of carbonyl (C=O) groups is 1. The van der Waals surface area contributed by atoms with Gasteiger partial charge in [-0.2, -0.15) is 0 Å². The molecule has 1 nitrogen and oxygen atoms in total. The molecule has 1 unspecified atom stereocenters. The number of hydrogen-bond acceptors (Lipinski definition) is 1. The molecular weight excluding hydrogens is 208 g/mol. The molecule has 0 aromatic heterocycles. The molecule has 0 radical (unpaired) electrons. The van der Waals surface area contributed by atoms with Crippen molar-refractivity contribution in [3.63, 3.8) is 0 Å². The van der Waals surface area contributed by atoms with Crippen molar-refractivity contribution in [3.05, 3.63) is 0 Å². The highest BCUT2D eigenvalue weighted by atomic mass is 35.5. The molecule has 0 aromatic carbocycles. The van der Waals surface area contributed by atoms with E-state index in [1.54, 1.807) is 0 Å². The van der Waals surface area contributed by atoms with Gasteiger partial charge in [0.15, 0.2) is 5.78 Å². The van der Waals surface area contributed by atoms with Crippen molar-refractivity contribution in [2.24, 2.45) is 5.41 Å². The summed E-state index contributed by atoms with van der Waals surface area (Å²) in [5, 5.41) is 0. The number of rotatable bonds is 9. The van der Waals surface area contributed by atoms with Crippen LogP contribution >= 0.6 is 11.6 Å². The first-order valence-electron chi connectivity index (χ1n) is 6.20. The Kier molecular flexibility index (Phi) is 8.13. The minimum Gasteiger partial charge on any atom is -0.298 e. The van der Waals surface area contributed by atoms with Crippen LogP contribution in [0, 0.1) is 5.41 Å². The predicted octanol–water partition coefficient (Wildman–Crippen LogP) is 4.57. The molecule has 2 heteroatoms. The summed E-state index contributed by atoms with van der Waals surface area (Å²) in [6.45, 7) is 6.41. The first kappa shape index (κ1) is 15.0. The van der Waals surface area contributed by atoms with E-state index in [2.05, 4.69) is 20.8 Å². The smallest absolute Gasteiger partial charge is 0.153 e. The Balaban J connectivity index is 4.07. The Morgan fingerprint density at radius 1 is 1.07 bits per heavy atom. The molecule has 0 amide bonds. The van der Waals surface area contributed by atoms with Gasteiger partial charge in [-0.1, -0.05) is 52.9 Å². The van der Waals surface area contributed by atoms with Gasteiger partial charge in [-0.15, -0.1) is 11.6 Å². The van der Waals surface area contributed by atoms with E-state index in [-0.39, 0.29) is 17.1 Å². The highest BCUT2D eigenvalue weighted by Gasteiger charge is 2.30. The third kappa shape index (κ3) is 5.55. The van der Waals surface area contributed by atoms with Crippen molar-refractivity contribution in [2.45, 2.75) is 65.7 Å². The van der Waals surface area contributed by atoms with Crippen molar-refractivity contribution in [1.29, 1.82) is 0 Å². The van der Waals surface area contributed by atoms with Crippen molar-refractivity contribution in [3.8, 4) is 0 Å². The summed E-state index contributed by atoms with van der Waals surface area (Å²) in [6.07, 6.45) is 7.97. The number of halogens is 1. The summed E-state index contributed by atoms with van der Waals surface area (Å²) in [5.41, 5.74) is -0.162. The Hall–Kier alpha value is -0.0400. The van der Waals surface area contributed by atoms with Gasteiger partial charge in [-0.25, -0.2) is 0 Å². The van der Waals surface area contributed by atoms with E-state index in [1.165, 1.54) is 19.3 Å². The van der Waals surface area contributed by atoms with Crippen LogP contribution in [0.4, 0.5) is 0 Å². The molecule has 0 aliphatic carbocycles. The minimum absolute atomic E-state index is 0.162. The van der Waals surface area contributed by atoms with Crippen molar-refractivity contribution in [1.82, 2.24) is 0 Å². The van der Waals surface area contributed by atoms with E-state index in [9.17, 15) is 4.79 Å². The van der Waals surface area contributed by atoms with E-state index in [4.69, 9.17) is 11.6 Å². The highest BCUT2D eigenvalue weighted by Crippen LogP contribution is 2.31. The number of unbranched alkanes of at least 4 members (excludes halogenated alkanes) is 3. The van der Waals surface area contributed by atoms with E-state index in [1.807, 2.05) is 0 Å². The van der Waals surface area contributed by atoms with Crippen LogP contribution < -0.4 is 0 Å². The molecule has 0 N–H and O–H groups in total. The molecule has 1 atom stereocenters. The largest absolute Gasteiger partial charge is 0.298 e. The van der Waals surface area contributed by atoms with Crippen LogP contribution in [0.2, 0.25) is 0 Å². The van der Waals surface area contributed by atoms with Gasteiger partial charge in [0.25, 0.3) is 0 Å². The third-order valence-corrected chi connectivity index (χ3v) is 3.42. The summed E-state index contributed by atoms with van der Waals surface area (Å²) in [4.78, 5) is 11.8. The summed E-state index contributed by atoms with van der Waals surface area (Å²) >= 11 is 5.66. The molecule has 0 aromatic rings. The Morgan fingerprint density at radius 2 is 1.73 bits per heavy atom. The second-order valence-corrected chi connectivity index (χ2v) is 4.95. The zero-order valence-corrected chi connectivity index (χ0v) is 11.2. The van der Waals surface area contributed by atoms with Crippen LogP contribution in [-0.4, -0.2) is 11.7 Å². The number of hydrogen-bond donors (Lipinski definition) is 0. The Labute approximate surface area is 99.6 Å². The fourth-order valence-electron chi connectivity index (χ4n) is 2.06. The maximum absolute atomic E-state index is 11.8. The van der Waals surface area contributed by atoms with Crippen LogP contribution in [0.1, 0.15) is 65.7 Å². The predicted molar refractivity (Wildman–Crippen MR) is 67.5 cm³/mol. The van der Waals surface area contributed by atoms with Crippen LogP contribution in [-0.2, 0) is 4.79 Å². The van der Waals surface area contributed by atoms with E-state index >= 15 is 0 Å². The standard InChI is InChI=1S/C13H25ClO/c1-4-6-7-8-10-13(3,9-5-2)12(15)11-14/h4-11H2,1-3H3. The van der Waals surface area contributed by atoms with Crippen LogP contribution in [0.15, 0.2) is 0 Å². The van der Waals surface area contributed by atoms with Gasteiger partial charge in [0.05, 0.1) is 5.88 Å². The molecule has 0 saturated carbocycles. The first-order chi connectivity index (χ1) is 7.10.